The molecule has 0 fully saturated rings. The molecule has 0 aromatic heterocycles. The average Bonchev–Trinajstić information content (AvgIpc) is 2.29. The van der Waals surface area contributed by atoms with Crippen LogP contribution in [0.2, 0.25) is 0 Å². The maximum absolute atomic E-state index is 8.97. The van der Waals surface area contributed by atoms with E-state index in [0.29, 0.717) is 6.61 Å². The zero-order valence-electron chi connectivity index (χ0n) is 8.85. The van der Waals surface area contributed by atoms with Crippen LogP contribution in [0.25, 0.3) is 0 Å². The minimum Gasteiger partial charge on any atom is -0.396 e. The molecule has 0 spiro atoms. The van der Waals surface area contributed by atoms with Crippen molar-refractivity contribution in [1.29, 1.82) is 0 Å². The summed E-state index contributed by atoms with van der Waals surface area (Å²) in [6, 6.07) is 7.99. The highest BCUT2D eigenvalue weighted by molar-refractivity contribution is 7.99. The van der Waals surface area contributed by atoms with E-state index < -0.39 is 0 Å². The van der Waals surface area contributed by atoms with Gasteiger partial charge in [-0.05, 0) is 36.3 Å². The molecule has 15 heavy (non-hydrogen) atoms. The van der Waals surface area contributed by atoms with Crippen molar-refractivity contribution in [2.45, 2.75) is 30.8 Å². The molecule has 0 radical (unpaired) electrons. The summed E-state index contributed by atoms with van der Waals surface area (Å²) < 4.78 is 0. The number of hydrogen-bond acceptors (Lipinski definition) is 3. The van der Waals surface area contributed by atoms with Crippen molar-refractivity contribution in [2.75, 3.05) is 12.4 Å². The molecule has 2 nitrogen and oxygen atoms in total. The molecule has 0 atom stereocenters. The molecule has 0 saturated carbocycles. The Morgan fingerprint density at radius 3 is 2.67 bits per heavy atom. The SMILES string of the molecule is OCCCCCSc1cccc(CO)c1. The van der Waals surface area contributed by atoms with Gasteiger partial charge in [0.25, 0.3) is 0 Å². The summed E-state index contributed by atoms with van der Waals surface area (Å²) in [5.74, 6) is 1.08. The van der Waals surface area contributed by atoms with Crippen molar-refractivity contribution >= 4 is 11.8 Å². The van der Waals surface area contributed by atoms with Gasteiger partial charge in [-0.3, -0.25) is 0 Å². The van der Waals surface area contributed by atoms with Crippen molar-refractivity contribution in [3.05, 3.63) is 29.8 Å². The molecule has 1 aromatic carbocycles. The van der Waals surface area contributed by atoms with Crippen LogP contribution in [0.1, 0.15) is 24.8 Å². The zero-order valence-corrected chi connectivity index (χ0v) is 9.67. The van der Waals surface area contributed by atoms with Gasteiger partial charge in [-0.1, -0.05) is 18.6 Å². The van der Waals surface area contributed by atoms with Crippen molar-refractivity contribution in [2.24, 2.45) is 0 Å². The summed E-state index contributed by atoms with van der Waals surface area (Å²) in [7, 11) is 0. The molecule has 0 amide bonds. The molecule has 0 heterocycles. The number of rotatable bonds is 7. The van der Waals surface area contributed by atoms with E-state index in [2.05, 4.69) is 6.07 Å². The van der Waals surface area contributed by atoms with E-state index in [-0.39, 0.29) is 6.61 Å². The molecule has 0 saturated heterocycles. The monoisotopic (exact) mass is 226 g/mol. The fourth-order valence-corrected chi connectivity index (χ4v) is 2.31. The van der Waals surface area contributed by atoms with Crippen LogP contribution in [0.5, 0.6) is 0 Å². The molecular weight excluding hydrogens is 208 g/mol. The summed E-state index contributed by atoms with van der Waals surface area (Å²) in [5.41, 5.74) is 0.968. The number of thioether (sulfide) groups is 1. The van der Waals surface area contributed by atoms with Gasteiger partial charge in [0.15, 0.2) is 0 Å². The van der Waals surface area contributed by atoms with E-state index in [1.807, 2.05) is 30.0 Å². The quantitative estimate of drug-likeness (QED) is 0.554. The second-order valence-corrected chi connectivity index (χ2v) is 4.61. The zero-order chi connectivity index (χ0) is 10.9. The molecule has 1 aromatic rings. The van der Waals surface area contributed by atoms with E-state index in [4.69, 9.17) is 10.2 Å². The lowest BCUT2D eigenvalue weighted by Crippen LogP contribution is -1.86. The van der Waals surface area contributed by atoms with E-state index >= 15 is 0 Å². The second-order valence-electron chi connectivity index (χ2n) is 3.44. The number of aliphatic hydroxyl groups excluding tert-OH is 2. The Bertz CT molecular complexity index is 276. The standard InChI is InChI=1S/C12H18O2S/c13-7-2-1-3-8-15-12-6-4-5-11(9-12)10-14/h4-6,9,13-14H,1-3,7-8,10H2. The maximum Gasteiger partial charge on any atom is 0.0682 e. The van der Waals surface area contributed by atoms with Gasteiger partial charge in [0.05, 0.1) is 6.61 Å². The molecule has 3 heteroatoms. The molecule has 0 aliphatic carbocycles. The Balaban J connectivity index is 2.24. The van der Waals surface area contributed by atoms with Gasteiger partial charge in [0.1, 0.15) is 0 Å². The van der Waals surface area contributed by atoms with E-state index in [1.54, 1.807) is 0 Å². The van der Waals surface area contributed by atoms with Crippen molar-refractivity contribution < 1.29 is 10.2 Å². The Labute approximate surface area is 95.3 Å². The topological polar surface area (TPSA) is 40.5 Å². The number of hydrogen-bond donors (Lipinski definition) is 2. The predicted molar refractivity (Wildman–Crippen MR) is 64.0 cm³/mol. The third-order valence-corrected chi connectivity index (χ3v) is 3.23. The number of benzene rings is 1. The van der Waals surface area contributed by atoms with Gasteiger partial charge in [0.2, 0.25) is 0 Å². The first-order valence-corrected chi connectivity index (χ1v) is 6.29. The largest absolute Gasteiger partial charge is 0.396 e. The first-order valence-electron chi connectivity index (χ1n) is 5.30. The van der Waals surface area contributed by atoms with Gasteiger partial charge in [-0.25, -0.2) is 0 Å². The van der Waals surface area contributed by atoms with Crippen LogP contribution in [0.4, 0.5) is 0 Å². The Hall–Kier alpha value is -0.510. The highest BCUT2D eigenvalue weighted by atomic mass is 32.2. The lowest BCUT2D eigenvalue weighted by Gasteiger charge is -2.03. The van der Waals surface area contributed by atoms with Crippen LogP contribution in [0, 0.1) is 0 Å². The van der Waals surface area contributed by atoms with E-state index in [0.717, 1.165) is 30.6 Å². The van der Waals surface area contributed by atoms with Crippen molar-refractivity contribution in [3.8, 4) is 0 Å². The van der Waals surface area contributed by atoms with Gasteiger partial charge in [-0.15, -0.1) is 11.8 Å². The minimum absolute atomic E-state index is 0.110. The van der Waals surface area contributed by atoms with Gasteiger partial charge in [-0.2, -0.15) is 0 Å². The summed E-state index contributed by atoms with van der Waals surface area (Å²) >= 11 is 1.81. The normalized spacial score (nSPS) is 10.5. The van der Waals surface area contributed by atoms with Crippen LogP contribution >= 0.6 is 11.8 Å². The number of aliphatic hydroxyl groups is 2. The highest BCUT2D eigenvalue weighted by Crippen LogP contribution is 2.20. The Morgan fingerprint density at radius 2 is 1.93 bits per heavy atom. The van der Waals surface area contributed by atoms with Crippen LogP contribution < -0.4 is 0 Å². The maximum atomic E-state index is 8.97. The fraction of sp³-hybridized carbons (Fsp3) is 0.500. The van der Waals surface area contributed by atoms with Crippen LogP contribution in [-0.2, 0) is 6.61 Å². The summed E-state index contributed by atoms with van der Waals surface area (Å²) in [5, 5.41) is 17.6. The van der Waals surface area contributed by atoms with Crippen LogP contribution in [0.3, 0.4) is 0 Å². The lowest BCUT2D eigenvalue weighted by atomic mass is 10.2. The van der Waals surface area contributed by atoms with Crippen LogP contribution in [0.15, 0.2) is 29.2 Å². The summed E-state index contributed by atoms with van der Waals surface area (Å²) in [6.07, 6.45) is 3.12. The molecule has 0 aliphatic heterocycles. The minimum atomic E-state index is 0.110. The van der Waals surface area contributed by atoms with Gasteiger partial charge < -0.3 is 10.2 Å². The second kappa shape index (κ2) is 7.74. The predicted octanol–water partition coefficient (Wildman–Crippen LogP) is 2.43. The van der Waals surface area contributed by atoms with E-state index in [1.165, 1.54) is 4.90 Å². The average molecular weight is 226 g/mol. The highest BCUT2D eigenvalue weighted by Gasteiger charge is 1.96. The van der Waals surface area contributed by atoms with E-state index in [9.17, 15) is 0 Å². The lowest BCUT2D eigenvalue weighted by molar-refractivity contribution is 0.281. The molecule has 84 valence electrons. The third-order valence-electron chi connectivity index (χ3n) is 2.15. The Kier molecular flexibility index (Phi) is 6.48. The summed E-state index contributed by atoms with van der Waals surface area (Å²) in [6.45, 7) is 0.406. The summed E-state index contributed by atoms with van der Waals surface area (Å²) in [4.78, 5) is 1.21. The molecule has 0 unspecified atom stereocenters. The molecule has 2 N–H and O–H groups in total. The number of unbranched alkanes of at least 4 members (excludes halogenated alkanes) is 2. The smallest absolute Gasteiger partial charge is 0.0682 e. The molecule has 0 aliphatic rings. The molecule has 1 rings (SSSR count). The Morgan fingerprint density at radius 1 is 1.07 bits per heavy atom. The molecular formula is C12H18O2S. The molecule has 0 bridgehead atoms. The first-order chi connectivity index (χ1) is 7.36. The van der Waals surface area contributed by atoms with Crippen LogP contribution in [-0.4, -0.2) is 22.6 Å². The fourth-order valence-electron chi connectivity index (χ4n) is 1.31. The van der Waals surface area contributed by atoms with Crippen molar-refractivity contribution in [1.82, 2.24) is 0 Å². The third kappa shape index (κ3) is 5.21. The van der Waals surface area contributed by atoms with Crippen molar-refractivity contribution in [3.63, 3.8) is 0 Å². The first kappa shape index (κ1) is 12.6. The van der Waals surface area contributed by atoms with Gasteiger partial charge in [0, 0.05) is 11.5 Å². The van der Waals surface area contributed by atoms with Gasteiger partial charge >= 0.3 is 0 Å².